The lowest BCUT2D eigenvalue weighted by Gasteiger charge is -2.15. The molecule has 1 heterocycles. The number of likely N-dealkylation sites (N-methyl/N-ethyl adjacent to an activating group) is 1. The maximum atomic E-state index is 11.0. The van der Waals surface area contributed by atoms with Crippen molar-refractivity contribution in [2.75, 3.05) is 20.1 Å². The number of rotatable bonds is 5. The zero-order chi connectivity index (χ0) is 14.0. The average molecular weight is 261 g/mol. The zero-order valence-corrected chi connectivity index (χ0v) is 11.6. The normalized spacial score (nSPS) is 11.4. The number of aromatic nitrogens is 2. The minimum atomic E-state index is -0.905. The van der Waals surface area contributed by atoms with E-state index >= 15 is 0 Å². The summed E-state index contributed by atoms with van der Waals surface area (Å²) in [5, 5.41) is 9.06. The molecule has 2 aromatic rings. The standard InChI is InChI=1S/C14H19N3O2/c1-4-16(3)7-8-17-10(2)15-12-6-5-11(14(18)19)9-13(12)17/h5-6,9H,4,7-8H2,1-3H3,(H,18,19). The molecule has 0 saturated carbocycles. The Bertz CT molecular complexity index is 604. The van der Waals surface area contributed by atoms with Crippen molar-refractivity contribution in [3.8, 4) is 0 Å². The Morgan fingerprint density at radius 3 is 2.84 bits per heavy atom. The van der Waals surface area contributed by atoms with Gasteiger partial charge in [0.2, 0.25) is 0 Å². The Kier molecular flexibility index (Phi) is 3.85. The molecule has 5 nitrogen and oxygen atoms in total. The number of carboxylic acid groups (broad SMARTS) is 1. The summed E-state index contributed by atoms with van der Waals surface area (Å²) in [5.41, 5.74) is 2.04. The summed E-state index contributed by atoms with van der Waals surface area (Å²) in [6, 6.07) is 5.06. The van der Waals surface area contributed by atoms with E-state index in [0.29, 0.717) is 5.56 Å². The highest BCUT2D eigenvalue weighted by Crippen LogP contribution is 2.18. The van der Waals surface area contributed by atoms with Crippen molar-refractivity contribution in [3.63, 3.8) is 0 Å². The topological polar surface area (TPSA) is 58.4 Å². The third-order valence-corrected chi connectivity index (χ3v) is 3.43. The fraction of sp³-hybridized carbons (Fsp3) is 0.429. The van der Waals surface area contributed by atoms with E-state index in [0.717, 1.165) is 36.5 Å². The largest absolute Gasteiger partial charge is 0.478 e. The number of hydrogen-bond donors (Lipinski definition) is 1. The Hall–Kier alpha value is -1.88. The van der Waals surface area contributed by atoms with Gasteiger partial charge in [0, 0.05) is 13.1 Å². The molecule has 102 valence electrons. The van der Waals surface area contributed by atoms with Gasteiger partial charge in [-0.05, 0) is 38.7 Å². The zero-order valence-electron chi connectivity index (χ0n) is 11.6. The molecule has 0 saturated heterocycles. The highest BCUT2D eigenvalue weighted by atomic mass is 16.4. The smallest absolute Gasteiger partial charge is 0.335 e. The number of fused-ring (bicyclic) bond motifs is 1. The van der Waals surface area contributed by atoms with E-state index in [4.69, 9.17) is 5.11 Å². The number of aromatic carboxylic acids is 1. The number of carboxylic acids is 1. The lowest BCUT2D eigenvalue weighted by atomic mass is 10.2. The first kappa shape index (κ1) is 13.5. The molecule has 0 atom stereocenters. The van der Waals surface area contributed by atoms with Crippen LogP contribution in [0.3, 0.4) is 0 Å². The minimum absolute atomic E-state index is 0.303. The fourth-order valence-electron chi connectivity index (χ4n) is 2.09. The monoisotopic (exact) mass is 261 g/mol. The molecule has 1 N–H and O–H groups in total. The first-order valence-corrected chi connectivity index (χ1v) is 6.41. The van der Waals surface area contributed by atoms with Crippen LogP contribution in [-0.4, -0.2) is 45.7 Å². The fourth-order valence-corrected chi connectivity index (χ4v) is 2.09. The minimum Gasteiger partial charge on any atom is -0.478 e. The molecule has 0 aliphatic carbocycles. The second-order valence-corrected chi connectivity index (χ2v) is 4.72. The van der Waals surface area contributed by atoms with Crippen LogP contribution >= 0.6 is 0 Å². The summed E-state index contributed by atoms with van der Waals surface area (Å²) in [4.78, 5) is 17.7. The number of hydrogen-bond acceptors (Lipinski definition) is 3. The molecule has 0 amide bonds. The van der Waals surface area contributed by atoms with Crippen LogP contribution in [0.15, 0.2) is 18.2 Å². The van der Waals surface area contributed by atoms with Gasteiger partial charge in [0.15, 0.2) is 0 Å². The van der Waals surface area contributed by atoms with E-state index in [1.165, 1.54) is 0 Å². The van der Waals surface area contributed by atoms with Crippen LogP contribution in [0.25, 0.3) is 11.0 Å². The SMILES string of the molecule is CCN(C)CCn1c(C)nc2ccc(C(=O)O)cc21. The van der Waals surface area contributed by atoms with Crippen LogP contribution in [0.2, 0.25) is 0 Å². The van der Waals surface area contributed by atoms with Gasteiger partial charge in [0.1, 0.15) is 5.82 Å². The molecule has 19 heavy (non-hydrogen) atoms. The van der Waals surface area contributed by atoms with E-state index in [1.807, 2.05) is 6.92 Å². The summed E-state index contributed by atoms with van der Waals surface area (Å²) in [5.74, 6) is 0.0139. The van der Waals surface area contributed by atoms with Crippen LogP contribution in [0, 0.1) is 6.92 Å². The van der Waals surface area contributed by atoms with Crippen LogP contribution in [0.1, 0.15) is 23.1 Å². The second kappa shape index (κ2) is 5.40. The number of nitrogens with zero attached hydrogens (tertiary/aromatic N) is 3. The molecule has 0 radical (unpaired) electrons. The van der Waals surface area contributed by atoms with E-state index < -0.39 is 5.97 Å². The van der Waals surface area contributed by atoms with Crippen LogP contribution in [-0.2, 0) is 6.54 Å². The third kappa shape index (κ3) is 2.76. The molecule has 0 bridgehead atoms. The quantitative estimate of drug-likeness (QED) is 0.894. The molecular formula is C14H19N3O2. The lowest BCUT2D eigenvalue weighted by Crippen LogP contribution is -2.23. The van der Waals surface area contributed by atoms with Gasteiger partial charge in [-0.3, -0.25) is 0 Å². The van der Waals surface area contributed by atoms with E-state index in [2.05, 4.69) is 28.4 Å². The molecular weight excluding hydrogens is 242 g/mol. The highest BCUT2D eigenvalue weighted by Gasteiger charge is 2.11. The molecule has 1 aromatic heterocycles. The number of carbonyl (C=O) groups is 1. The van der Waals surface area contributed by atoms with E-state index in [9.17, 15) is 4.79 Å². The van der Waals surface area contributed by atoms with Gasteiger partial charge in [-0.25, -0.2) is 9.78 Å². The third-order valence-electron chi connectivity index (χ3n) is 3.43. The number of benzene rings is 1. The van der Waals surface area contributed by atoms with Crippen molar-refractivity contribution in [2.45, 2.75) is 20.4 Å². The van der Waals surface area contributed by atoms with Crippen molar-refractivity contribution in [1.29, 1.82) is 0 Å². The van der Waals surface area contributed by atoms with Gasteiger partial charge < -0.3 is 14.6 Å². The van der Waals surface area contributed by atoms with Crippen LogP contribution < -0.4 is 0 Å². The predicted octanol–water partition coefficient (Wildman–Crippen LogP) is 1.99. The van der Waals surface area contributed by atoms with Crippen molar-refractivity contribution in [3.05, 3.63) is 29.6 Å². The van der Waals surface area contributed by atoms with Gasteiger partial charge in [0.25, 0.3) is 0 Å². The Labute approximate surface area is 112 Å². The molecule has 0 fully saturated rings. The van der Waals surface area contributed by atoms with Crippen molar-refractivity contribution >= 4 is 17.0 Å². The molecule has 0 aliphatic rings. The van der Waals surface area contributed by atoms with Crippen molar-refractivity contribution < 1.29 is 9.90 Å². The molecule has 5 heteroatoms. The number of imidazole rings is 1. The van der Waals surface area contributed by atoms with Gasteiger partial charge in [-0.2, -0.15) is 0 Å². The lowest BCUT2D eigenvalue weighted by molar-refractivity contribution is 0.0697. The van der Waals surface area contributed by atoms with Crippen LogP contribution in [0.5, 0.6) is 0 Å². The Balaban J connectivity index is 2.38. The molecule has 0 spiro atoms. The molecule has 0 aliphatic heterocycles. The van der Waals surface area contributed by atoms with Gasteiger partial charge >= 0.3 is 5.97 Å². The molecule has 1 aromatic carbocycles. The second-order valence-electron chi connectivity index (χ2n) is 4.72. The molecule has 0 unspecified atom stereocenters. The maximum Gasteiger partial charge on any atom is 0.335 e. The number of aryl methyl sites for hydroxylation is 1. The maximum absolute atomic E-state index is 11.0. The molecule has 2 rings (SSSR count). The summed E-state index contributed by atoms with van der Waals surface area (Å²) in [6.45, 7) is 6.79. The first-order valence-electron chi connectivity index (χ1n) is 6.41. The summed E-state index contributed by atoms with van der Waals surface area (Å²) in [7, 11) is 2.07. The summed E-state index contributed by atoms with van der Waals surface area (Å²) in [6.07, 6.45) is 0. The summed E-state index contributed by atoms with van der Waals surface area (Å²) >= 11 is 0. The van der Waals surface area contributed by atoms with E-state index in [-0.39, 0.29) is 0 Å². The van der Waals surface area contributed by atoms with Gasteiger partial charge in [0.05, 0.1) is 16.6 Å². The summed E-state index contributed by atoms with van der Waals surface area (Å²) < 4.78 is 2.08. The first-order chi connectivity index (χ1) is 9.02. The highest BCUT2D eigenvalue weighted by molar-refractivity contribution is 5.92. The van der Waals surface area contributed by atoms with Crippen molar-refractivity contribution in [2.24, 2.45) is 0 Å². The predicted molar refractivity (Wildman–Crippen MR) is 74.6 cm³/mol. The van der Waals surface area contributed by atoms with Crippen molar-refractivity contribution in [1.82, 2.24) is 14.5 Å². The van der Waals surface area contributed by atoms with Gasteiger partial charge in [-0.1, -0.05) is 6.92 Å². The van der Waals surface area contributed by atoms with Gasteiger partial charge in [-0.15, -0.1) is 0 Å². The van der Waals surface area contributed by atoms with Crippen LogP contribution in [0.4, 0.5) is 0 Å². The Morgan fingerprint density at radius 2 is 2.21 bits per heavy atom. The average Bonchev–Trinajstić information content (AvgIpc) is 2.70. The Morgan fingerprint density at radius 1 is 1.47 bits per heavy atom. The van der Waals surface area contributed by atoms with E-state index in [1.54, 1.807) is 18.2 Å².